The van der Waals surface area contributed by atoms with Crippen molar-refractivity contribution in [1.82, 2.24) is 4.90 Å². The number of nitrogens with zero attached hydrogens (tertiary/aromatic N) is 2. The van der Waals surface area contributed by atoms with Gasteiger partial charge in [0, 0.05) is 13.1 Å². The van der Waals surface area contributed by atoms with Crippen LogP contribution >= 0.6 is 11.6 Å². The minimum atomic E-state index is -0.422. The molecule has 2 aliphatic rings. The van der Waals surface area contributed by atoms with Crippen molar-refractivity contribution in [2.75, 3.05) is 18.0 Å². The molecule has 0 N–H and O–H groups in total. The lowest BCUT2D eigenvalue weighted by molar-refractivity contribution is -0.121. The lowest BCUT2D eigenvalue weighted by Crippen LogP contribution is -2.39. The molecule has 1 aromatic rings. The normalized spacial score (nSPS) is 22.8. The number of aryl methyl sites for hydroxylation is 1. The highest BCUT2D eigenvalue weighted by Crippen LogP contribution is 2.34. The molecule has 0 saturated carbocycles. The summed E-state index contributed by atoms with van der Waals surface area (Å²) in [5.41, 5.74) is 1.85. The van der Waals surface area contributed by atoms with Gasteiger partial charge >= 0.3 is 0 Å². The first kappa shape index (κ1) is 15.1. The first-order valence-corrected chi connectivity index (χ1v) is 7.97. The molecule has 0 spiro atoms. The monoisotopic (exact) mass is 318 g/mol. The lowest BCUT2D eigenvalue weighted by atomic mass is 10.00. The minimum absolute atomic E-state index is 0.0438. The number of hydrogen-bond acceptors (Lipinski definition) is 3. The van der Waals surface area contributed by atoms with E-state index < -0.39 is 5.91 Å². The van der Waals surface area contributed by atoms with Gasteiger partial charge in [0.1, 0.15) is 10.7 Å². The van der Waals surface area contributed by atoms with Crippen LogP contribution in [0.5, 0.6) is 0 Å². The Morgan fingerprint density at radius 1 is 1.18 bits per heavy atom. The van der Waals surface area contributed by atoms with Gasteiger partial charge in [0.2, 0.25) is 0 Å². The molecule has 0 radical (unpaired) electrons. The standard InChI is InChI=1S/C17H19ClN2O2/c1-11-6-5-9-19(10-11)15-14(18)16(21)20(17(15)22)13-8-4-3-7-12(13)2/h3-4,7-8,11H,5-6,9-10H2,1-2H3/t11-/m0/s1. The van der Waals surface area contributed by atoms with Crippen LogP contribution in [-0.2, 0) is 9.59 Å². The van der Waals surface area contributed by atoms with Gasteiger partial charge in [-0.25, -0.2) is 4.90 Å². The summed E-state index contributed by atoms with van der Waals surface area (Å²) in [4.78, 5) is 28.5. The molecule has 3 rings (SSSR count). The average Bonchev–Trinajstić information content (AvgIpc) is 2.70. The van der Waals surface area contributed by atoms with Crippen molar-refractivity contribution >= 4 is 29.1 Å². The molecule has 1 atom stereocenters. The second-order valence-corrected chi connectivity index (χ2v) is 6.47. The fourth-order valence-electron chi connectivity index (χ4n) is 3.19. The molecule has 116 valence electrons. The summed E-state index contributed by atoms with van der Waals surface area (Å²) < 4.78 is 0. The molecule has 1 saturated heterocycles. The smallest absolute Gasteiger partial charge is 0.283 e. The Hall–Kier alpha value is -1.81. The van der Waals surface area contributed by atoms with Crippen LogP contribution in [0.3, 0.4) is 0 Å². The van der Waals surface area contributed by atoms with Crippen LogP contribution in [0.15, 0.2) is 35.0 Å². The van der Waals surface area contributed by atoms with Crippen LogP contribution in [0.25, 0.3) is 0 Å². The molecule has 1 fully saturated rings. The fourth-order valence-corrected chi connectivity index (χ4v) is 3.48. The van der Waals surface area contributed by atoms with Gasteiger partial charge in [0.15, 0.2) is 0 Å². The maximum atomic E-state index is 12.8. The number of benzene rings is 1. The minimum Gasteiger partial charge on any atom is -0.365 e. The van der Waals surface area contributed by atoms with Gasteiger partial charge in [-0.1, -0.05) is 36.7 Å². The highest BCUT2D eigenvalue weighted by molar-refractivity contribution is 6.52. The Bertz CT molecular complexity index is 668. The largest absolute Gasteiger partial charge is 0.365 e. The van der Waals surface area contributed by atoms with Crippen LogP contribution in [-0.4, -0.2) is 29.8 Å². The number of imide groups is 1. The van der Waals surface area contributed by atoms with E-state index in [9.17, 15) is 9.59 Å². The van der Waals surface area contributed by atoms with E-state index in [0.717, 1.165) is 31.5 Å². The van der Waals surface area contributed by atoms with Gasteiger partial charge < -0.3 is 4.90 Å². The van der Waals surface area contributed by atoms with Crippen LogP contribution in [0, 0.1) is 12.8 Å². The Morgan fingerprint density at radius 2 is 1.91 bits per heavy atom. The Labute approximate surface area is 135 Å². The van der Waals surface area contributed by atoms with Crippen molar-refractivity contribution in [3.8, 4) is 0 Å². The summed E-state index contributed by atoms with van der Waals surface area (Å²) in [5.74, 6) is -0.228. The SMILES string of the molecule is Cc1ccccc1N1C(=O)C(Cl)=C(N2CCC[C@H](C)C2)C1=O. The van der Waals surface area contributed by atoms with Gasteiger partial charge in [0.05, 0.1) is 5.69 Å². The van der Waals surface area contributed by atoms with Crippen molar-refractivity contribution in [1.29, 1.82) is 0 Å². The molecule has 2 aliphatic heterocycles. The number of para-hydroxylation sites is 1. The number of carbonyl (C=O) groups is 2. The summed E-state index contributed by atoms with van der Waals surface area (Å²) in [6, 6.07) is 7.35. The number of carbonyl (C=O) groups excluding carboxylic acids is 2. The van der Waals surface area contributed by atoms with Crippen molar-refractivity contribution in [3.63, 3.8) is 0 Å². The van der Waals surface area contributed by atoms with Crippen LogP contribution in [0.2, 0.25) is 0 Å². The Balaban J connectivity index is 1.95. The van der Waals surface area contributed by atoms with Gasteiger partial charge in [0.25, 0.3) is 11.8 Å². The van der Waals surface area contributed by atoms with E-state index in [2.05, 4.69) is 6.92 Å². The molecule has 0 aromatic heterocycles. The fraction of sp³-hybridized carbons (Fsp3) is 0.412. The van der Waals surface area contributed by atoms with E-state index in [-0.39, 0.29) is 10.9 Å². The summed E-state index contributed by atoms with van der Waals surface area (Å²) in [6.07, 6.45) is 2.16. The Kier molecular flexibility index (Phi) is 3.96. The van der Waals surface area contributed by atoms with Gasteiger partial charge in [-0.2, -0.15) is 0 Å². The van der Waals surface area contributed by atoms with Crippen molar-refractivity contribution < 1.29 is 9.59 Å². The predicted octanol–water partition coefficient (Wildman–Crippen LogP) is 3.05. The lowest BCUT2D eigenvalue weighted by Gasteiger charge is -2.33. The van der Waals surface area contributed by atoms with Crippen LogP contribution < -0.4 is 4.90 Å². The molecule has 2 heterocycles. The van der Waals surface area contributed by atoms with E-state index >= 15 is 0 Å². The third-order valence-corrected chi connectivity index (χ3v) is 4.67. The van der Waals surface area contributed by atoms with E-state index in [4.69, 9.17) is 11.6 Å². The summed E-state index contributed by atoms with van der Waals surface area (Å²) in [5, 5.41) is 0.0438. The second kappa shape index (κ2) is 5.76. The molecule has 1 aromatic carbocycles. The molecule has 2 amide bonds. The zero-order valence-electron chi connectivity index (χ0n) is 12.8. The van der Waals surface area contributed by atoms with Crippen molar-refractivity contribution in [2.24, 2.45) is 5.92 Å². The predicted molar refractivity (Wildman–Crippen MR) is 86.5 cm³/mol. The van der Waals surface area contributed by atoms with Gasteiger partial charge in [-0.05, 0) is 37.3 Å². The van der Waals surface area contributed by atoms with Crippen molar-refractivity contribution in [2.45, 2.75) is 26.7 Å². The summed E-state index contributed by atoms with van der Waals surface area (Å²) in [7, 11) is 0. The topological polar surface area (TPSA) is 40.6 Å². The summed E-state index contributed by atoms with van der Waals surface area (Å²) >= 11 is 6.23. The average molecular weight is 319 g/mol. The number of halogens is 1. The van der Waals surface area contributed by atoms with Gasteiger partial charge in [-0.15, -0.1) is 0 Å². The molecule has 22 heavy (non-hydrogen) atoms. The highest BCUT2D eigenvalue weighted by atomic mass is 35.5. The molecule has 0 unspecified atom stereocenters. The van der Waals surface area contributed by atoms with Crippen molar-refractivity contribution in [3.05, 3.63) is 40.6 Å². The molecule has 0 aliphatic carbocycles. The zero-order valence-corrected chi connectivity index (χ0v) is 13.6. The Morgan fingerprint density at radius 3 is 2.59 bits per heavy atom. The van der Waals surface area contributed by atoms with E-state index in [1.165, 1.54) is 4.90 Å². The molecular weight excluding hydrogens is 300 g/mol. The van der Waals surface area contributed by atoms with Crippen LogP contribution in [0.1, 0.15) is 25.3 Å². The first-order valence-electron chi connectivity index (χ1n) is 7.60. The van der Waals surface area contributed by atoms with E-state index in [1.54, 1.807) is 6.07 Å². The molecular formula is C17H19ClN2O2. The van der Waals surface area contributed by atoms with Gasteiger partial charge in [-0.3, -0.25) is 9.59 Å². The molecule has 5 heteroatoms. The third kappa shape index (κ3) is 2.41. The number of rotatable bonds is 2. The maximum absolute atomic E-state index is 12.8. The second-order valence-electron chi connectivity index (χ2n) is 6.09. The number of hydrogen-bond donors (Lipinski definition) is 0. The first-order chi connectivity index (χ1) is 10.5. The maximum Gasteiger partial charge on any atom is 0.283 e. The zero-order chi connectivity index (χ0) is 15.9. The number of piperidine rings is 1. The van der Waals surface area contributed by atoms with Crippen LogP contribution in [0.4, 0.5) is 5.69 Å². The summed E-state index contributed by atoms with van der Waals surface area (Å²) in [6.45, 7) is 5.58. The number of amides is 2. The third-order valence-electron chi connectivity index (χ3n) is 4.33. The quantitative estimate of drug-likeness (QED) is 0.787. The highest BCUT2D eigenvalue weighted by Gasteiger charge is 2.42. The van der Waals surface area contributed by atoms with E-state index in [1.807, 2.05) is 30.0 Å². The number of likely N-dealkylation sites (tertiary alicyclic amines) is 1. The molecule has 4 nitrogen and oxygen atoms in total. The number of anilines is 1. The van der Waals surface area contributed by atoms with E-state index in [0.29, 0.717) is 17.3 Å². The molecule has 0 bridgehead atoms.